The lowest BCUT2D eigenvalue weighted by atomic mass is 9.81. The first-order chi connectivity index (χ1) is 22.9. The Morgan fingerprint density at radius 3 is 2.50 bits per heavy atom. The number of rotatable bonds is 8. The van der Waals surface area contributed by atoms with Gasteiger partial charge in [0.25, 0.3) is 5.91 Å². The molecule has 3 heterocycles. The van der Waals surface area contributed by atoms with Gasteiger partial charge in [0.15, 0.2) is 0 Å². The molecule has 48 heavy (non-hydrogen) atoms. The minimum Gasteiger partial charge on any atom is -0.497 e. The van der Waals surface area contributed by atoms with Gasteiger partial charge in [-0.3, -0.25) is 4.79 Å². The molecule has 2 N–H and O–H groups in total. The Bertz CT molecular complexity index is 1780. The summed E-state index contributed by atoms with van der Waals surface area (Å²) < 4.78 is 42.0. The number of hydrogen-bond acceptors (Lipinski definition) is 7. The van der Waals surface area contributed by atoms with E-state index >= 15 is 0 Å². The third kappa shape index (κ3) is 7.05. The summed E-state index contributed by atoms with van der Waals surface area (Å²) in [5.74, 6) is 0.404. The summed E-state index contributed by atoms with van der Waals surface area (Å²) in [7, 11) is 4.44. The van der Waals surface area contributed by atoms with Gasteiger partial charge in [-0.05, 0) is 80.7 Å². The number of ether oxygens (including phenoxy) is 2. The molecule has 2 aliphatic heterocycles. The molecule has 2 unspecified atom stereocenters. The number of benzene rings is 2. The first kappa shape index (κ1) is 34.2. The molecule has 12 nitrogen and oxygen atoms in total. The van der Waals surface area contributed by atoms with Crippen LogP contribution in [-0.4, -0.2) is 113 Å². The number of methoxy groups -OCH3 is 1. The standard InChI is InChI=1S/C35H48N6O6S/c1-38(2)21-28-22-40(15-16-47-28)35(43)36-26-17-25-18-27(46-5)12-14-29(25)33-32(23-9-7-6-8-10-23)30-13-11-24(19-31(30)41(33)20-26)34(42)37-48(44,45)39(3)4/h11-14,18-19,23,26,28H,6-10,15-17,20-22H2,1-5H3,(H,36,43)(H,37,42). The Labute approximate surface area is 283 Å². The quantitative estimate of drug-likeness (QED) is 0.371. The maximum Gasteiger partial charge on any atom is 0.317 e. The second-order valence-electron chi connectivity index (χ2n) is 13.7. The van der Waals surface area contributed by atoms with Crippen LogP contribution in [0.15, 0.2) is 36.4 Å². The molecule has 0 spiro atoms. The zero-order chi connectivity index (χ0) is 34.2. The van der Waals surface area contributed by atoms with E-state index in [1.54, 1.807) is 19.2 Å². The summed E-state index contributed by atoms with van der Waals surface area (Å²) in [4.78, 5) is 31.0. The molecule has 13 heteroatoms. The predicted octanol–water partition coefficient (Wildman–Crippen LogP) is 3.80. The fourth-order valence-corrected chi connectivity index (χ4v) is 8.04. The number of nitrogens with one attached hydrogen (secondary N) is 2. The van der Waals surface area contributed by atoms with Crippen molar-refractivity contribution in [1.29, 1.82) is 0 Å². The number of likely N-dealkylation sites (N-methyl/N-ethyl adjacent to an activating group) is 1. The molecule has 3 aromatic rings. The lowest BCUT2D eigenvalue weighted by Gasteiger charge is -2.35. The smallest absolute Gasteiger partial charge is 0.317 e. The van der Waals surface area contributed by atoms with Gasteiger partial charge in [0, 0.05) is 62.3 Å². The maximum absolute atomic E-state index is 13.8. The summed E-state index contributed by atoms with van der Waals surface area (Å²) in [6.45, 7) is 2.73. The topological polar surface area (TPSA) is 125 Å². The molecule has 1 saturated carbocycles. The number of hydrogen-bond donors (Lipinski definition) is 2. The number of morpholine rings is 1. The summed E-state index contributed by atoms with van der Waals surface area (Å²) in [6, 6.07) is 11.2. The Morgan fingerprint density at radius 1 is 1.02 bits per heavy atom. The van der Waals surface area contributed by atoms with Crippen molar-refractivity contribution in [2.75, 3.05) is 61.5 Å². The highest BCUT2D eigenvalue weighted by atomic mass is 32.2. The first-order valence-electron chi connectivity index (χ1n) is 16.8. The summed E-state index contributed by atoms with van der Waals surface area (Å²) in [5, 5.41) is 4.40. The van der Waals surface area contributed by atoms with Gasteiger partial charge in [-0.1, -0.05) is 25.3 Å². The van der Waals surface area contributed by atoms with Crippen molar-refractivity contribution in [2.24, 2.45) is 0 Å². The van der Waals surface area contributed by atoms with Crippen LogP contribution in [0.25, 0.3) is 22.2 Å². The van der Waals surface area contributed by atoms with Crippen LogP contribution in [0.5, 0.6) is 5.75 Å². The van der Waals surface area contributed by atoms with E-state index < -0.39 is 16.1 Å². The Balaban J connectivity index is 1.44. The van der Waals surface area contributed by atoms with E-state index in [-0.39, 0.29) is 23.7 Å². The monoisotopic (exact) mass is 680 g/mol. The van der Waals surface area contributed by atoms with Gasteiger partial charge < -0.3 is 29.2 Å². The average Bonchev–Trinajstić information content (AvgIpc) is 3.28. The molecule has 2 aromatic carbocycles. The highest BCUT2D eigenvalue weighted by molar-refractivity contribution is 7.87. The van der Waals surface area contributed by atoms with Crippen LogP contribution in [-0.2, 0) is 27.9 Å². The molecular formula is C35H48N6O6S. The normalized spacial score (nSPS) is 20.4. The largest absolute Gasteiger partial charge is 0.497 e. The lowest BCUT2D eigenvalue weighted by molar-refractivity contribution is -0.0249. The van der Waals surface area contributed by atoms with Crippen molar-refractivity contribution in [3.05, 3.63) is 53.1 Å². The number of fused-ring (bicyclic) bond motifs is 5. The van der Waals surface area contributed by atoms with Crippen molar-refractivity contribution >= 4 is 33.1 Å². The zero-order valence-corrected chi connectivity index (χ0v) is 29.4. The third-order valence-corrected chi connectivity index (χ3v) is 11.2. The van der Waals surface area contributed by atoms with Gasteiger partial charge in [-0.2, -0.15) is 12.7 Å². The fraction of sp³-hybridized carbons (Fsp3) is 0.543. The van der Waals surface area contributed by atoms with E-state index in [0.29, 0.717) is 38.6 Å². The van der Waals surface area contributed by atoms with E-state index in [1.807, 2.05) is 31.1 Å². The first-order valence-corrected chi connectivity index (χ1v) is 18.3. The molecule has 0 bridgehead atoms. The molecule has 2 fully saturated rings. The number of carbonyl (C=O) groups is 2. The van der Waals surface area contributed by atoms with Crippen LogP contribution in [0.3, 0.4) is 0 Å². The summed E-state index contributed by atoms with van der Waals surface area (Å²) in [5.41, 5.74) is 5.63. The van der Waals surface area contributed by atoms with E-state index in [0.717, 1.165) is 70.0 Å². The number of aromatic nitrogens is 1. The maximum atomic E-state index is 13.8. The van der Waals surface area contributed by atoms with Gasteiger partial charge in [0.2, 0.25) is 0 Å². The Hall–Kier alpha value is -3.65. The minimum absolute atomic E-state index is 0.0578. The number of amides is 3. The van der Waals surface area contributed by atoms with Crippen LogP contribution < -0.4 is 14.8 Å². The lowest BCUT2D eigenvalue weighted by Crippen LogP contribution is -2.54. The minimum atomic E-state index is -3.97. The van der Waals surface area contributed by atoms with Gasteiger partial charge >= 0.3 is 16.2 Å². The molecule has 3 aliphatic rings. The third-order valence-electron chi connectivity index (χ3n) is 9.84. The van der Waals surface area contributed by atoms with Crippen LogP contribution in [0.2, 0.25) is 0 Å². The SMILES string of the molecule is COc1ccc2c(c1)CC(NC(=O)N1CCOC(CN(C)C)C1)Cn1c-2c(C2CCCCC2)c2ccc(C(=O)NS(=O)(=O)N(C)C)cc21. The van der Waals surface area contributed by atoms with Crippen LogP contribution in [0, 0.1) is 0 Å². The van der Waals surface area contributed by atoms with Crippen molar-refractivity contribution in [1.82, 2.24) is 28.7 Å². The van der Waals surface area contributed by atoms with Crippen LogP contribution in [0.4, 0.5) is 4.79 Å². The second-order valence-corrected chi connectivity index (χ2v) is 15.6. The van der Waals surface area contributed by atoms with Crippen molar-refractivity contribution < 1.29 is 27.5 Å². The van der Waals surface area contributed by atoms with Crippen LogP contribution in [0.1, 0.15) is 59.5 Å². The Morgan fingerprint density at radius 2 is 1.79 bits per heavy atom. The predicted molar refractivity (Wildman–Crippen MR) is 186 cm³/mol. The zero-order valence-electron chi connectivity index (χ0n) is 28.6. The Kier molecular flexibility index (Phi) is 10.0. The summed E-state index contributed by atoms with van der Waals surface area (Å²) >= 11 is 0. The second kappa shape index (κ2) is 14.1. The van der Waals surface area contributed by atoms with Gasteiger partial charge in [-0.15, -0.1) is 0 Å². The molecule has 2 atom stereocenters. The molecule has 1 saturated heterocycles. The molecule has 3 amide bonds. The number of nitrogens with zero attached hydrogens (tertiary/aromatic N) is 4. The molecule has 1 aliphatic carbocycles. The molecule has 1 aromatic heterocycles. The van der Waals surface area contributed by atoms with E-state index in [9.17, 15) is 18.0 Å². The molecule has 260 valence electrons. The summed E-state index contributed by atoms with van der Waals surface area (Å²) in [6.07, 6.45) is 6.22. The van der Waals surface area contributed by atoms with Gasteiger partial charge in [-0.25, -0.2) is 9.52 Å². The van der Waals surface area contributed by atoms with E-state index in [1.165, 1.54) is 26.1 Å². The molecule has 6 rings (SSSR count). The molecular weight excluding hydrogens is 632 g/mol. The molecule has 0 radical (unpaired) electrons. The number of urea groups is 1. The van der Waals surface area contributed by atoms with Crippen molar-refractivity contribution in [3.63, 3.8) is 0 Å². The van der Waals surface area contributed by atoms with Crippen LogP contribution >= 0.6 is 0 Å². The van der Waals surface area contributed by atoms with E-state index in [2.05, 4.69) is 31.6 Å². The van der Waals surface area contributed by atoms with E-state index in [4.69, 9.17) is 9.47 Å². The van der Waals surface area contributed by atoms with Crippen molar-refractivity contribution in [2.45, 2.75) is 63.1 Å². The van der Waals surface area contributed by atoms with Gasteiger partial charge in [0.1, 0.15) is 5.75 Å². The average molecular weight is 681 g/mol. The fourth-order valence-electron chi connectivity index (χ4n) is 7.50. The number of carbonyl (C=O) groups excluding carboxylic acids is 2. The highest BCUT2D eigenvalue weighted by Crippen LogP contribution is 2.46. The highest BCUT2D eigenvalue weighted by Gasteiger charge is 2.33. The van der Waals surface area contributed by atoms with Crippen molar-refractivity contribution in [3.8, 4) is 17.0 Å². The van der Waals surface area contributed by atoms with Gasteiger partial charge in [0.05, 0.1) is 31.6 Å².